The third kappa shape index (κ3) is 3.86. The summed E-state index contributed by atoms with van der Waals surface area (Å²) in [6, 6.07) is 14.5. The van der Waals surface area contributed by atoms with Crippen molar-refractivity contribution in [1.29, 1.82) is 5.26 Å². The van der Waals surface area contributed by atoms with Gasteiger partial charge in [-0.2, -0.15) is 5.26 Å². The fourth-order valence-electron chi connectivity index (χ4n) is 5.89. The quantitative estimate of drug-likeness (QED) is 0.459. The van der Waals surface area contributed by atoms with Gasteiger partial charge in [-0.05, 0) is 55.5 Å². The number of nitriles is 1. The number of methoxy groups -OCH3 is 1. The molecule has 2 aromatic carbocycles. The van der Waals surface area contributed by atoms with Crippen molar-refractivity contribution in [3.8, 4) is 11.8 Å². The number of halogens is 2. The van der Waals surface area contributed by atoms with Gasteiger partial charge in [0.1, 0.15) is 17.2 Å². The topological polar surface area (TPSA) is 62.6 Å². The van der Waals surface area contributed by atoms with Crippen molar-refractivity contribution < 1.29 is 14.3 Å². The third-order valence-electron chi connectivity index (χ3n) is 6.99. The Kier molecular flexibility index (Phi) is 6.17. The average Bonchev–Trinajstić information content (AvgIpc) is 3.16. The lowest BCUT2D eigenvalue weighted by Crippen LogP contribution is -2.52. The van der Waals surface area contributed by atoms with E-state index in [0.29, 0.717) is 27.8 Å². The minimum Gasteiger partial charge on any atom is -0.496 e. The summed E-state index contributed by atoms with van der Waals surface area (Å²) in [6.45, 7) is 10.2. The van der Waals surface area contributed by atoms with E-state index in [2.05, 4.69) is 31.7 Å². The average molecular weight is 501 g/mol. The molecule has 0 amide bonds. The second-order valence-corrected chi connectivity index (χ2v) is 11.7. The van der Waals surface area contributed by atoms with Gasteiger partial charge < -0.3 is 9.47 Å². The van der Waals surface area contributed by atoms with Crippen molar-refractivity contribution in [2.45, 2.75) is 70.2 Å². The largest absolute Gasteiger partial charge is 0.496 e. The summed E-state index contributed by atoms with van der Waals surface area (Å²) in [4.78, 5) is 15.5. The molecule has 2 heterocycles. The van der Waals surface area contributed by atoms with Gasteiger partial charge in [-0.25, -0.2) is 4.90 Å². The highest BCUT2D eigenvalue weighted by atomic mass is 35.5. The maximum atomic E-state index is 13.4. The number of rotatable bonds is 4. The molecule has 0 saturated carbocycles. The van der Waals surface area contributed by atoms with E-state index in [-0.39, 0.29) is 17.4 Å². The molecule has 4 atom stereocenters. The number of hydrogen-bond acceptors (Lipinski definition) is 5. The molecular formula is C27H30Cl2N2O3. The van der Waals surface area contributed by atoms with Gasteiger partial charge in [-0.15, -0.1) is 0 Å². The highest BCUT2D eigenvalue weighted by Gasteiger charge is 2.70. The van der Waals surface area contributed by atoms with Crippen LogP contribution in [0.15, 0.2) is 42.5 Å². The molecule has 0 aromatic heterocycles. The van der Waals surface area contributed by atoms with Crippen LogP contribution in [0.4, 0.5) is 0 Å². The Labute approximate surface area is 211 Å². The van der Waals surface area contributed by atoms with E-state index in [1.165, 1.54) is 0 Å². The number of nitrogens with zero attached hydrogens (tertiary/aromatic N) is 2. The van der Waals surface area contributed by atoms with Gasteiger partial charge in [0.2, 0.25) is 0 Å². The lowest BCUT2D eigenvalue weighted by Gasteiger charge is -2.42. The molecule has 1 unspecified atom stereocenters. The second kappa shape index (κ2) is 8.45. The van der Waals surface area contributed by atoms with Gasteiger partial charge in [0.15, 0.2) is 5.72 Å². The standard InChI is InChI=1S/C27H30Cl2N2O3/c1-25(2,3)14-21-27(15-30,19-11-10-18(29)13-20(19)33-6)22(16-8-7-9-17(28)12-16)23-24(32)34-26(4,5)31(21)23/h7-13,21-23H,14H2,1-6H3/t21?,22-,23-,27-/m0/s1. The highest BCUT2D eigenvalue weighted by molar-refractivity contribution is 6.31. The van der Waals surface area contributed by atoms with Gasteiger partial charge in [0, 0.05) is 27.6 Å². The molecule has 7 heteroatoms. The van der Waals surface area contributed by atoms with E-state index in [1.807, 2.05) is 38.1 Å². The van der Waals surface area contributed by atoms with E-state index < -0.39 is 23.1 Å². The van der Waals surface area contributed by atoms with Crippen LogP contribution in [0.25, 0.3) is 0 Å². The van der Waals surface area contributed by atoms with E-state index in [1.54, 1.807) is 25.3 Å². The van der Waals surface area contributed by atoms with Crippen LogP contribution >= 0.6 is 23.2 Å². The molecular weight excluding hydrogens is 471 g/mol. The van der Waals surface area contributed by atoms with Gasteiger partial charge in [0.25, 0.3) is 0 Å². The Balaban J connectivity index is 2.10. The molecule has 2 fully saturated rings. The Morgan fingerprint density at radius 1 is 1.15 bits per heavy atom. The van der Waals surface area contributed by atoms with Crippen LogP contribution < -0.4 is 4.74 Å². The molecule has 2 aliphatic rings. The van der Waals surface area contributed by atoms with E-state index >= 15 is 0 Å². The van der Waals surface area contributed by atoms with Crippen LogP contribution in [-0.2, 0) is 14.9 Å². The zero-order valence-corrected chi connectivity index (χ0v) is 21.9. The molecule has 0 bridgehead atoms. The summed E-state index contributed by atoms with van der Waals surface area (Å²) >= 11 is 12.7. The van der Waals surface area contributed by atoms with Crippen molar-refractivity contribution >= 4 is 29.2 Å². The Morgan fingerprint density at radius 3 is 2.41 bits per heavy atom. The van der Waals surface area contributed by atoms with Gasteiger partial charge in [0.05, 0.1) is 13.2 Å². The molecule has 0 spiro atoms. The zero-order chi connectivity index (χ0) is 25.1. The first-order valence-corrected chi connectivity index (χ1v) is 12.1. The summed E-state index contributed by atoms with van der Waals surface area (Å²) in [5.41, 5.74) is -0.629. The first kappa shape index (κ1) is 24.9. The van der Waals surface area contributed by atoms with E-state index in [9.17, 15) is 10.1 Å². The molecule has 0 aliphatic carbocycles. The maximum Gasteiger partial charge on any atom is 0.325 e. The van der Waals surface area contributed by atoms with Gasteiger partial charge in [-0.3, -0.25) is 4.79 Å². The van der Waals surface area contributed by atoms with Crippen LogP contribution in [0.3, 0.4) is 0 Å². The predicted molar refractivity (Wildman–Crippen MR) is 133 cm³/mol. The SMILES string of the molecule is COc1cc(Cl)ccc1[C@@]1(C#N)C(CC(C)(C)C)N2[C@H](C(=O)OC2(C)C)[C@@H]1c1cccc(Cl)c1. The lowest BCUT2D eigenvalue weighted by atomic mass is 9.62. The molecule has 180 valence electrons. The summed E-state index contributed by atoms with van der Waals surface area (Å²) in [6.07, 6.45) is 0.653. The second-order valence-electron chi connectivity index (χ2n) is 10.9. The third-order valence-corrected chi connectivity index (χ3v) is 7.46. The van der Waals surface area contributed by atoms with E-state index in [0.717, 1.165) is 5.56 Å². The number of cyclic esters (lactones) is 1. The molecule has 2 aliphatic heterocycles. The number of benzene rings is 2. The predicted octanol–water partition coefficient (Wildman–Crippen LogP) is 6.33. The zero-order valence-electron chi connectivity index (χ0n) is 20.4. The van der Waals surface area contributed by atoms with Crippen molar-refractivity contribution in [1.82, 2.24) is 4.90 Å². The van der Waals surface area contributed by atoms with Crippen LogP contribution in [-0.4, -0.2) is 35.8 Å². The first-order chi connectivity index (χ1) is 15.9. The molecule has 34 heavy (non-hydrogen) atoms. The van der Waals surface area contributed by atoms with Crippen molar-refractivity contribution in [2.75, 3.05) is 7.11 Å². The van der Waals surface area contributed by atoms with Crippen LogP contribution in [0, 0.1) is 16.7 Å². The summed E-state index contributed by atoms with van der Waals surface area (Å²) < 4.78 is 11.6. The minimum atomic E-state index is -1.13. The first-order valence-electron chi connectivity index (χ1n) is 11.4. The van der Waals surface area contributed by atoms with Crippen molar-refractivity contribution in [3.05, 3.63) is 63.6 Å². The number of fused-ring (bicyclic) bond motifs is 1. The Hall–Kier alpha value is -2.26. The van der Waals surface area contributed by atoms with Gasteiger partial charge >= 0.3 is 5.97 Å². The molecule has 5 nitrogen and oxygen atoms in total. The number of esters is 1. The van der Waals surface area contributed by atoms with Crippen molar-refractivity contribution in [2.24, 2.45) is 5.41 Å². The smallest absolute Gasteiger partial charge is 0.325 e. The summed E-state index contributed by atoms with van der Waals surface area (Å²) in [5.74, 6) is -0.348. The molecule has 2 aromatic rings. The molecule has 0 N–H and O–H groups in total. The maximum absolute atomic E-state index is 13.4. The number of carbonyl (C=O) groups is 1. The fraction of sp³-hybridized carbons (Fsp3) is 0.481. The van der Waals surface area contributed by atoms with Crippen LogP contribution in [0.5, 0.6) is 5.75 Å². The van der Waals surface area contributed by atoms with E-state index in [4.69, 9.17) is 32.7 Å². The number of hydrogen-bond donors (Lipinski definition) is 0. The Bertz CT molecular complexity index is 1170. The van der Waals surface area contributed by atoms with Gasteiger partial charge in [-0.1, -0.05) is 62.2 Å². The fourth-order valence-corrected chi connectivity index (χ4v) is 6.25. The number of ether oxygens (including phenoxy) is 2. The van der Waals surface area contributed by atoms with Crippen LogP contribution in [0.1, 0.15) is 58.1 Å². The van der Waals surface area contributed by atoms with Crippen molar-refractivity contribution in [3.63, 3.8) is 0 Å². The van der Waals surface area contributed by atoms with Crippen LogP contribution in [0.2, 0.25) is 10.0 Å². The lowest BCUT2D eigenvalue weighted by molar-refractivity contribution is -0.152. The molecule has 0 radical (unpaired) electrons. The summed E-state index contributed by atoms with van der Waals surface area (Å²) in [7, 11) is 1.57. The number of carbonyl (C=O) groups excluding carboxylic acids is 1. The molecule has 4 rings (SSSR count). The Morgan fingerprint density at radius 2 is 1.82 bits per heavy atom. The molecule has 2 saturated heterocycles. The normalized spacial score (nSPS) is 28.3. The monoisotopic (exact) mass is 500 g/mol. The highest BCUT2D eigenvalue weighted by Crippen LogP contribution is 2.61. The minimum absolute atomic E-state index is 0.137. The summed E-state index contributed by atoms with van der Waals surface area (Å²) in [5, 5.41) is 12.1.